The van der Waals surface area contributed by atoms with Gasteiger partial charge in [0.2, 0.25) is 0 Å². The number of benzene rings is 1. The van der Waals surface area contributed by atoms with Crippen LogP contribution in [-0.4, -0.2) is 65.6 Å². The first kappa shape index (κ1) is 18.2. The van der Waals surface area contributed by atoms with Crippen molar-refractivity contribution in [1.82, 2.24) is 0 Å². The largest absolute Gasteiger partial charge is 0.397 e. The van der Waals surface area contributed by atoms with E-state index in [2.05, 4.69) is 4.18 Å². The van der Waals surface area contributed by atoms with Crippen molar-refractivity contribution in [3.05, 3.63) is 35.9 Å². The van der Waals surface area contributed by atoms with Crippen molar-refractivity contribution < 1.29 is 41.9 Å². The molecule has 0 bridgehead atoms. The van der Waals surface area contributed by atoms with Gasteiger partial charge in [-0.1, -0.05) is 30.3 Å². The Balaban J connectivity index is 2.04. The van der Waals surface area contributed by atoms with Gasteiger partial charge in [-0.15, -0.1) is 0 Å². The summed E-state index contributed by atoms with van der Waals surface area (Å²) in [5.41, 5.74) is 0.787. The van der Waals surface area contributed by atoms with Gasteiger partial charge in [-0.2, -0.15) is 8.42 Å². The van der Waals surface area contributed by atoms with Gasteiger partial charge in [0.05, 0.1) is 13.2 Å². The number of aliphatic hydroxyl groups excluding tert-OH is 3. The van der Waals surface area contributed by atoms with Crippen molar-refractivity contribution in [2.75, 3.05) is 6.61 Å². The van der Waals surface area contributed by atoms with E-state index in [1.807, 2.05) is 6.07 Å². The Morgan fingerprint density at radius 3 is 2.35 bits per heavy atom. The van der Waals surface area contributed by atoms with Crippen molar-refractivity contribution >= 4 is 10.4 Å². The van der Waals surface area contributed by atoms with Crippen molar-refractivity contribution in [2.24, 2.45) is 0 Å². The number of ether oxygens (including phenoxy) is 2. The molecule has 9 nitrogen and oxygen atoms in total. The molecule has 1 fully saturated rings. The lowest BCUT2D eigenvalue weighted by atomic mass is 9.99. The summed E-state index contributed by atoms with van der Waals surface area (Å²) in [5.74, 6) is 0. The highest BCUT2D eigenvalue weighted by Gasteiger charge is 2.47. The Morgan fingerprint density at radius 2 is 1.78 bits per heavy atom. The van der Waals surface area contributed by atoms with Gasteiger partial charge in [0.1, 0.15) is 24.4 Å². The Labute approximate surface area is 133 Å². The first-order valence-corrected chi connectivity index (χ1v) is 8.12. The normalized spacial score (nSPS) is 31.9. The Bertz CT molecular complexity index is 589. The zero-order valence-electron chi connectivity index (χ0n) is 11.9. The first-order valence-electron chi connectivity index (χ1n) is 6.75. The Hall–Kier alpha value is -1.11. The van der Waals surface area contributed by atoms with Crippen molar-refractivity contribution in [2.45, 2.75) is 37.3 Å². The quantitative estimate of drug-likeness (QED) is 0.467. The van der Waals surface area contributed by atoms with Gasteiger partial charge in [0.15, 0.2) is 6.29 Å². The fourth-order valence-corrected chi connectivity index (χ4v) is 2.72. The van der Waals surface area contributed by atoms with Gasteiger partial charge in [0.25, 0.3) is 0 Å². The van der Waals surface area contributed by atoms with Gasteiger partial charge in [0, 0.05) is 0 Å². The number of rotatable bonds is 6. The highest BCUT2D eigenvalue weighted by Crippen LogP contribution is 2.26. The summed E-state index contributed by atoms with van der Waals surface area (Å²) in [6, 6.07) is 8.95. The maximum absolute atomic E-state index is 10.8. The molecule has 10 heteroatoms. The van der Waals surface area contributed by atoms with Crippen molar-refractivity contribution in [1.29, 1.82) is 0 Å². The molecule has 0 spiro atoms. The molecular formula is C13H18O9S. The van der Waals surface area contributed by atoms with Crippen molar-refractivity contribution in [3.8, 4) is 0 Å². The fraction of sp³-hybridized carbons (Fsp3) is 0.538. The molecular weight excluding hydrogens is 332 g/mol. The zero-order valence-corrected chi connectivity index (χ0v) is 12.7. The predicted molar refractivity (Wildman–Crippen MR) is 75.4 cm³/mol. The van der Waals surface area contributed by atoms with E-state index in [4.69, 9.17) is 14.0 Å². The van der Waals surface area contributed by atoms with E-state index in [1.165, 1.54) is 0 Å². The standard InChI is InChI=1S/C13H18O9S/c14-6-9-12(22-23(17,18)19)10(15)11(16)13(21-9)20-7-8-4-2-1-3-5-8/h1-5,9-16H,6-7H2,(H,17,18,19). The van der Waals surface area contributed by atoms with Gasteiger partial charge in [-0.25, -0.2) is 4.18 Å². The maximum atomic E-state index is 10.8. The average Bonchev–Trinajstić information content (AvgIpc) is 2.51. The summed E-state index contributed by atoms with van der Waals surface area (Å²) in [6.07, 6.45) is -7.65. The monoisotopic (exact) mass is 350 g/mol. The van der Waals surface area contributed by atoms with Crippen LogP contribution in [0.1, 0.15) is 5.56 Å². The molecule has 130 valence electrons. The van der Waals surface area contributed by atoms with Crippen LogP contribution in [0.3, 0.4) is 0 Å². The van der Waals surface area contributed by atoms with Gasteiger partial charge < -0.3 is 24.8 Å². The Morgan fingerprint density at radius 1 is 1.13 bits per heavy atom. The smallest absolute Gasteiger partial charge is 0.394 e. The third kappa shape index (κ3) is 4.93. The van der Waals surface area contributed by atoms with Crippen LogP contribution < -0.4 is 0 Å². The molecule has 1 aliphatic heterocycles. The van der Waals surface area contributed by atoms with Crippen LogP contribution in [0.4, 0.5) is 0 Å². The van der Waals surface area contributed by atoms with Gasteiger partial charge in [-0.05, 0) is 5.56 Å². The summed E-state index contributed by atoms with van der Waals surface area (Å²) >= 11 is 0. The van der Waals surface area contributed by atoms with Gasteiger partial charge >= 0.3 is 10.4 Å². The lowest BCUT2D eigenvalue weighted by molar-refractivity contribution is -0.300. The second-order valence-corrected chi connectivity index (χ2v) is 6.04. The van der Waals surface area contributed by atoms with Crippen LogP contribution in [0, 0.1) is 0 Å². The highest BCUT2D eigenvalue weighted by atomic mass is 32.3. The second kappa shape index (κ2) is 7.64. The number of aliphatic hydroxyl groups is 3. The number of hydrogen-bond acceptors (Lipinski definition) is 8. The molecule has 2 rings (SSSR count). The molecule has 5 unspecified atom stereocenters. The van der Waals surface area contributed by atoms with Crippen LogP contribution in [-0.2, 0) is 30.7 Å². The zero-order chi connectivity index (χ0) is 17.0. The van der Waals surface area contributed by atoms with Crippen LogP contribution in [0.15, 0.2) is 30.3 Å². The fourth-order valence-electron chi connectivity index (χ4n) is 2.20. The first-order chi connectivity index (χ1) is 10.8. The van der Waals surface area contributed by atoms with Gasteiger partial charge in [-0.3, -0.25) is 4.55 Å². The minimum atomic E-state index is -4.90. The maximum Gasteiger partial charge on any atom is 0.397 e. The third-order valence-corrected chi connectivity index (χ3v) is 3.78. The van der Waals surface area contributed by atoms with E-state index in [1.54, 1.807) is 24.3 Å². The molecule has 1 aliphatic rings. The minimum absolute atomic E-state index is 0.0667. The average molecular weight is 350 g/mol. The highest BCUT2D eigenvalue weighted by molar-refractivity contribution is 7.80. The van der Waals surface area contributed by atoms with E-state index in [0.717, 1.165) is 5.56 Å². The molecule has 1 heterocycles. The molecule has 1 aromatic rings. The molecule has 0 aliphatic carbocycles. The summed E-state index contributed by atoms with van der Waals surface area (Å²) in [6.45, 7) is -0.646. The minimum Gasteiger partial charge on any atom is -0.394 e. The van der Waals surface area contributed by atoms with E-state index >= 15 is 0 Å². The molecule has 0 radical (unpaired) electrons. The second-order valence-electron chi connectivity index (χ2n) is 4.99. The van der Waals surface area contributed by atoms with E-state index in [9.17, 15) is 23.7 Å². The summed E-state index contributed by atoms with van der Waals surface area (Å²) in [4.78, 5) is 0. The predicted octanol–water partition coefficient (Wildman–Crippen LogP) is -1.17. The Kier molecular flexibility index (Phi) is 6.06. The lowest BCUT2D eigenvalue weighted by Crippen LogP contribution is -2.60. The molecule has 23 heavy (non-hydrogen) atoms. The SMILES string of the molecule is O=S(=O)(O)OC1C(CO)OC(OCc2ccccc2)C(O)C1O. The lowest BCUT2D eigenvalue weighted by Gasteiger charge is -2.40. The van der Waals surface area contributed by atoms with Crippen LogP contribution in [0.2, 0.25) is 0 Å². The summed E-state index contributed by atoms with van der Waals surface area (Å²) in [5, 5.41) is 29.1. The summed E-state index contributed by atoms with van der Waals surface area (Å²) in [7, 11) is -4.90. The van der Waals surface area contributed by atoms with E-state index < -0.39 is 47.7 Å². The molecule has 5 atom stereocenters. The number of hydrogen-bond donors (Lipinski definition) is 4. The molecule has 0 saturated carbocycles. The van der Waals surface area contributed by atoms with Crippen LogP contribution >= 0.6 is 0 Å². The van der Waals surface area contributed by atoms with Crippen LogP contribution in [0.25, 0.3) is 0 Å². The van der Waals surface area contributed by atoms with Crippen molar-refractivity contribution in [3.63, 3.8) is 0 Å². The molecule has 0 amide bonds. The topological polar surface area (TPSA) is 143 Å². The molecule has 4 N–H and O–H groups in total. The van der Waals surface area contributed by atoms with E-state index in [0.29, 0.717) is 0 Å². The molecule has 1 saturated heterocycles. The summed E-state index contributed by atoms with van der Waals surface area (Å²) < 4.78 is 45.1. The third-order valence-electron chi connectivity index (χ3n) is 3.31. The molecule has 0 aromatic heterocycles. The van der Waals surface area contributed by atoms with E-state index in [-0.39, 0.29) is 6.61 Å². The van der Waals surface area contributed by atoms with Crippen LogP contribution in [0.5, 0.6) is 0 Å². The molecule has 1 aromatic carbocycles.